The standard InChI is InChI=1S/C15H25N3S/c1-11-10-19-6-5-18(11)14-8-12(9-16)7-13(17-14)15(2,3)4/h7-8,11H,5-6,9-10,16H2,1-4H3. The van der Waals surface area contributed by atoms with Crippen LogP contribution in [0.15, 0.2) is 12.1 Å². The van der Waals surface area contributed by atoms with Crippen LogP contribution in [0, 0.1) is 0 Å². The van der Waals surface area contributed by atoms with E-state index in [4.69, 9.17) is 10.7 Å². The average Bonchev–Trinajstić information content (AvgIpc) is 2.37. The van der Waals surface area contributed by atoms with Crippen LogP contribution in [0.5, 0.6) is 0 Å². The van der Waals surface area contributed by atoms with Crippen LogP contribution < -0.4 is 10.6 Å². The van der Waals surface area contributed by atoms with Gasteiger partial charge in [-0.3, -0.25) is 0 Å². The number of thioether (sulfide) groups is 1. The van der Waals surface area contributed by atoms with Crippen molar-refractivity contribution < 1.29 is 0 Å². The van der Waals surface area contributed by atoms with Crippen molar-refractivity contribution in [1.29, 1.82) is 0 Å². The van der Waals surface area contributed by atoms with Crippen molar-refractivity contribution in [2.24, 2.45) is 5.73 Å². The third kappa shape index (κ3) is 3.42. The monoisotopic (exact) mass is 279 g/mol. The van der Waals surface area contributed by atoms with Crippen LogP contribution in [0.1, 0.15) is 39.0 Å². The van der Waals surface area contributed by atoms with E-state index in [0.717, 1.165) is 18.1 Å². The quantitative estimate of drug-likeness (QED) is 0.904. The Morgan fingerprint density at radius 3 is 2.74 bits per heavy atom. The Bertz CT molecular complexity index is 440. The maximum atomic E-state index is 5.84. The molecule has 1 unspecified atom stereocenters. The zero-order valence-electron chi connectivity index (χ0n) is 12.4. The molecule has 0 aromatic carbocycles. The lowest BCUT2D eigenvalue weighted by molar-refractivity contribution is 0.564. The van der Waals surface area contributed by atoms with Gasteiger partial charge in [-0.15, -0.1) is 0 Å². The minimum atomic E-state index is 0.0632. The van der Waals surface area contributed by atoms with Crippen LogP contribution >= 0.6 is 11.8 Å². The van der Waals surface area contributed by atoms with E-state index in [1.54, 1.807) is 0 Å². The summed E-state index contributed by atoms with van der Waals surface area (Å²) in [5.74, 6) is 3.46. The molecule has 1 aromatic heterocycles. The van der Waals surface area contributed by atoms with Gasteiger partial charge in [0.1, 0.15) is 5.82 Å². The van der Waals surface area contributed by atoms with E-state index in [0.29, 0.717) is 12.6 Å². The molecule has 106 valence electrons. The highest BCUT2D eigenvalue weighted by atomic mass is 32.2. The summed E-state index contributed by atoms with van der Waals surface area (Å²) in [6.07, 6.45) is 0. The highest BCUT2D eigenvalue weighted by Crippen LogP contribution is 2.27. The Morgan fingerprint density at radius 2 is 2.16 bits per heavy atom. The smallest absolute Gasteiger partial charge is 0.129 e. The van der Waals surface area contributed by atoms with Crippen molar-refractivity contribution in [3.05, 3.63) is 23.4 Å². The molecule has 2 heterocycles. The Balaban J connectivity index is 2.39. The number of hydrogen-bond donors (Lipinski definition) is 1. The first kappa shape index (κ1) is 14.7. The van der Waals surface area contributed by atoms with Crippen LogP contribution in [0.4, 0.5) is 5.82 Å². The van der Waals surface area contributed by atoms with E-state index in [-0.39, 0.29) is 5.41 Å². The molecule has 1 aliphatic rings. The van der Waals surface area contributed by atoms with Crippen LogP contribution in [-0.2, 0) is 12.0 Å². The largest absolute Gasteiger partial charge is 0.352 e. The van der Waals surface area contributed by atoms with Gasteiger partial charge in [-0.1, -0.05) is 20.8 Å². The summed E-state index contributed by atoms with van der Waals surface area (Å²) in [4.78, 5) is 7.31. The number of nitrogens with two attached hydrogens (primary N) is 1. The molecule has 4 heteroatoms. The summed E-state index contributed by atoms with van der Waals surface area (Å²) in [5, 5.41) is 0. The lowest BCUT2D eigenvalue weighted by atomic mass is 9.90. The molecule has 2 N–H and O–H groups in total. The van der Waals surface area contributed by atoms with Gasteiger partial charge >= 0.3 is 0 Å². The highest BCUT2D eigenvalue weighted by molar-refractivity contribution is 7.99. The predicted molar refractivity (Wildman–Crippen MR) is 85.0 cm³/mol. The number of nitrogens with zero attached hydrogens (tertiary/aromatic N) is 2. The van der Waals surface area contributed by atoms with E-state index in [1.807, 2.05) is 11.8 Å². The molecule has 1 atom stereocenters. The fraction of sp³-hybridized carbons (Fsp3) is 0.667. The van der Waals surface area contributed by atoms with Crippen molar-refractivity contribution >= 4 is 17.6 Å². The fourth-order valence-electron chi connectivity index (χ4n) is 2.29. The zero-order valence-corrected chi connectivity index (χ0v) is 13.3. The van der Waals surface area contributed by atoms with Gasteiger partial charge in [-0.2, -0.15) is 11.8 Å². The second-order valence-corrected chi connectivity index (χ2v) is 7.44. The first-order valence-corrected chi connectivity index (χ1v) is 8.13. The minimum absolute atomic E-state index is 0.0632. The Labute approximate surface area is 121 Å². The third-order valence-electron chi connectivity index (χ3n) is 3.54. The van der Waals surface area contributed by atoms with Crippen molar-refractivity contribution in [2.45, 2.75) is 45.7 Å². The summed E-state index contributed by atoms with van der Waals surface area (Å²) in [5.41, 5.74) is 8.22. The number of aromatic nitrogens is 1. The van der Waals surface area contributed by atoms with Crippen LogP contribution in [0.2, 0.25) is 0 Å². The Kier molecular flexibility index (Phi) is 4.41. The van der Waals surface area contributed by atoms with Crippen LogP contribution in [0.25, 0.3) is 0 Å². The highest BCUT2D eigenvalue weighted by Gasteiger charge is 2.23. The van der Waals surface area contributed by atoms with Gasteiger partial charge in [-0.05, 0) is 24.6 Å². The maximum absolute atomic E-state index is 5.84. The first-order chi connectivity index (χ1) is 8.91. The molecule has 19 heavy (non-hydrogen) atoms. The van der Waals surface area contributed by atoms with Crippen LogP contribution in [0.3, 0.4) is 0 Å². The van der Waals surface area contributed by atoms with Gasteiger partial charge in [0.2, 0.25) is 0 Å². The van der Waals surface area contributed by atoms with Gasteiger partial charge in [0.25, 0.3) is 0 Å². The molecule has 0 spiro atoms. The summed E-state index contributed by atoms with van der Waals surface area (Å²) < 4.78 is 0. The molecule has 1 saturated heterocycles. The van der Waals surface area contributed by atoms with E-state index in [2.05, 4.69) is 44.7 Å². The van der Waals surface area contributed by atoms with Crippen molar-refractivity contribution in [1.82, 2.24) is 4.98 Å². The molecule has 0 aliphatic carbocycles. The molecule has 0 bridgehead atoms. The SMILES string of the molecule is CC1CSCCN1c1cc(CN)cc(C(C)(C)C)n1. The molecular formula is C15H25N3S. The first-order valence-electron chi connectivity index (χ1n) is 6.97. The van der Waals surface area contributed by atoms with Crippen molar-refractivity contribution in [2.75, 3.05) is 23.0 Å². The van der Waals surface area contributed by atoms with Gasteiger partial charge in [-0.25, -0.2) is 4.98 Å². The Hall–Kier alpha value is -0.740. The van der Waals surface area contributed by atoms with E-state index in [9.17, 15) is 0 Å². The normalized spacial score (nSPS) is 20.7. The van der Waals surface area contributed by atoms with Gasteiger partial charge in [0.05, 0.1) is 0 Å². The van der Waals surface area contributed by atoms with E-state index in [1.165, 1.54) is 17.1 Å². The molecule has 2 rings (SSSR count). The van der Waals surface area contributed by atoms with Gasteiger partial charge in [0, 0.05) is 41.7 Å². The lowest BCUT2D eigenvalue weighted by Gasteiger charge is -2.35. The molecule has 3 nitrogen and oxygen atoms in total. The lowest BCUT2D eigenvalue weighted by Crippen LogP contribution is -2.41. The molecule has 0 saturated carbocycles. The molecule has 0 radical (unpaired) electrons. The molecule has 0 amide bonds. The molecule has 1 fully saturated rings. The molecule has 1 aromatic rings. The van der Waals surface area contributed by atoms with Gasteiger partial charge in [0.15, 0.2) is 0 Å². The number of rotatable bonds is 2. The predicted octanol–water partition coefficient (Wildman–Crippen LogP) is 2.78. The number of anilines is 1. The Morgan fingerprint density at radius 1 is 1.42 bits per heavy atom. The van der Waals surface area contributed by atoms with Crippen molar-refractivity contribution in [3.63, 3.8) is 0 Å². The summed E-state index contributed by atoms with van der Waals surface area (Å²) in [7, 11) is 0. The molecule has 1 aliphatic heterocycles. The van der Waals surface area contributed by atoms with Crippen LogP contribution in [-0.4, -0.2) is 29.1 Å². The summed E-state index contributed by atoms with van der Waals surface area (Å²) in [6, 6.07) is 4.85. The fourth-order valence-corrected chi connectivity index (χ4v) is 3.30. The minimum Gasteiger partial charge on any atom is -0.352 e. The number of pyridine rings is 1. The summed E-state index contributed by atoms with van der Waals surface area (Å²) >= 11 is 2.03. The van der Waals surface area contributed by atoms with Crippen molar-refractivity contribution in [3.8, 4) is 0 Å². The second kappa shape index (κ2) is 5.71. The molecular weight excluding hydrogens is 254 g/mol. The maximum Gasteiger partial charge on any atom is 0.129 e. The van der Waals surface area contributed by atoms with E-state index >= 15 is 0 Å². The number of hydrogen-bond acceptors (Lipinski definition) is 4. The average molecular weight is 279 g/mol. The third-order valence-corrected chi connectivity index (χ3v) is 4.73. The topological polar surface area (TPSA) is 42.1 Å². The second-order valence-electron chi connectivity index (χ2n) is 6.29. The summed E-state index contributed by atoms with van der Waals surface area (Å²) in [6.45, 7) is 10.5. The van der Waals surface area contributed by atoms with E-state index < -0.39 is 0 Å². The zero-order chi connectivity index (χ0) is 14.0. The van der Waals surface area contributed by atoms with Gasteiger partial charge < -0.3 is 10.6 Å².